The molecule has 2 N–H and O–H groups in total. The number of hydrogen-bond acceptors (Lipinski definition) is 7. The van der Waals surface area contributed by atoms with E-state index in [-0.39, 0.29) is 49.8 Å². The molecule has 2 rings (SSSR count). The molecule has 0 aromatic heterocycles. The molecule has 0 aromatic carbocycles. The molecule has 2 aliphatic heterocycles. The first kappa shape index (κ1) is 26.6. The monoisotopic (exact) mass is 468 g/mol. The summed E-state index contributed by atoms with van der Waals surface area (Å²) in [5.74, 6) is -1.54. The number of likely N-dealkylation sites (tertiary alicyclic amines) is 2. The molecule has 0 bridgehead atoms. The third-order valence-corrected chi connectivity index (χ3v) is 6.07. The van der Waals surface area contributed by atoms with E-state index < -0.39 is 24.1 Å². The van der Waals surface area contributed by atoms with Crippen LogP contribution in [0.5, 0.6) is 0 Å². The van der Waals surface area contributed by atoms with Gasteiger partial charge in [0.2, 0.25) is 24.1 Å². The molecule has 0 spiro atoms. The molecule has 2 saturated heterocycles. The van der Waals surface area contributed by atoms with Gasteiger partial charge in [0.05, 0.1) is 6.42 Å². The summed E-state index contributed by atoms with van der Waals surface area (Å²) < 4.78 is 5.21. The molecule has 3 atom stereocenters. The van der Waals surface area contributed by atoms with Crippen molar-refractivity contribution in [3.05, 3.63) is 0 Å². The zero-order valence-corrected chi connectivity index (χ0v) is 19.7. The number of carbonyl (C=O) groups is 5. The number of carbonyl (C=O) groups excluding carboxylic acids is 5. The smallest absolute Gasteiger partial charge is 0.328 e. The zero-order chi connectivity index (χ0) is 24.5. The summed E-state index contributed by atoms with van der Waals surface area (Å²) in [7, 11) is 1.51. The standard InChI is InChI=1S/C22H36N4O7/c1-15(2)23-20(30)16(8-12-27)24(3)21(31)17-6-5-11-26(17)19(29)9-13-33-22(32)18-7-4-10-25(18)14-28/h14-18,27H,4-13H2,1-3H3,(H,23,30). The average molecular weight is 469 g/mol. The predicted octanol–water partition coefficient (Wildman–Crippen LogP) is -0.734. The van der Waals surface area contributed by atoms with Gasteiger partial charge in [0.1, 0.15) is 24.7 Å². The van der Waals surface area contributed by atoms with Crippen LogP contribution < -0.4 is 5.32 Å². The average Bonchev–Trinajstić information content (AvgIpc) is 3.45. The van der Waals surface area contributed by atoms with Gasteiger partial charge in [0, 0.05) is 32.8 Å². The number of aliphatic hydroxyl groups excluding tert-OH is 1. The van der Waals surface area contributed by atoms with Crippen LogP contribution in [0.1, 0.15) is 52.4 Å². The Morgan fingerprint density at radius 3 is 2.45 bits per heavy atom. The van der Waals surface area contributed by atoms with Crippen LogP contribution in [0.2, 0.25) is 0 Å². The van der Waals surface area contributed by atoms with Gasteiger partial charge in [-0.3, -0.25) is 19.2 Å². The predicted molar refractivity (Wildman–Crippen MR) is 118 cm³/mol. The van der Waals surface area contributed by atoms with E-state index in [9.17, 15) is 29.1 Å². The van der Waals surface area contributed by atoms with Crippen molar-refractivity contribution in [2.45, 2.75) is 76.5 Å². The summed E-state index contributed by atoms with van der Waals surface area (Å²) in [6, 6.07) is -2.26. The van der Waals surface area contributed by atoms with Crippen molar-refractivity contribution in [3.63, 3.8) is 0 Å². The number of nitrogens with zero attached hydrogens (tertiary/aromatic N) is 3. The van der Waals surface area contributed by atoms with Gasteiger partial charge in [-0.15, -0.1) is 0 Å². The fraction of sp³-hybridized carbons (Fsp3) is 0.773. The van der Waals surface area contributed by atoms with Crippen molar-refractivity contribution in [1.82, 2.24) is 20.0 Å². The molecule has 186 valence electrons. The van der Waals surface area contributed by atoms with Gasteiger partial charge in [-0.05, 0) is 46.0 Å². The van der Waals surface area contributed by atoms with E-state index >= 15 is 0 Å². The van der Waals surface area contributed by atoms with Gasteiger partial charge < -0.3 is 29.9 Å². The number of nitrogens with one attached hydrogen (secondary N) is 1. The number of rotatable bonds is 11. The van der Waals surface area contributed by atoms with E-state index in [2.05, 4.69) is 5.32 Å². The molecule has 3 unspecified atom stereocenters. The van der Waals surface area contributed by atoms with Crippen molar-refractivity contribution in [2.75, 3.05) is 33.4 Å². The Morgan fingerprint density at radius 2 is 1.82 bits per heavy atom. The highest BCUT2D eigenvalue weighted by molar-refractivity contribution is 5.92. The van der Waals surface area contributed by atoms with Crippen molar-refractivity contribution in [1.29, 1.82) is 0 Å². The van der Waals surface area contributed by atoms with Crippen LogP contribution in [0.4, 0.5) is 0 Å². The summed E-state index contributed by atoms with van der Waals surface area (Å²) in [6.07, 6.45) is 3.05. The van der Waals surface area contributed by atoms with E-state index in [0.717, 1.165) is 6.42 Å². The first-order valence-corrected chi connectivity index (χ1v) is 11.6. The fourth-order valence-corrected chi connectivity index (χ4v) is 4.36. The summed E-state index contributed by atoms with van der Waals surface area (Å²) in [5, 5.41) is 12.1. The van der Waals surface area contributed by atoms with Crippen LogP contribution in [-0.2, 0) is 28.7 Å². The Kier molecular flexibility index (Phi) is 10.1. The minimum absolute atomic E-state index is 0.0685. The number of esters is 1. The quantitative estimate of drug-likeness (QED) is 0.301. The second-order valence-electron chi connectivity index (χ2n) is 8.80. The van der Waals surface area contributed by atoms with Gasteiger partial charge in [-0.2, -0.15) is 0 Å². The van der Waals surface area contributed by atoms with Crippen LogP contribution in [0.3, 0.4) is 0 Å². The third kappa shape index (κ3) is 6.89. The van der Waals surface area contributed by atoms with Crippen LogP contribution in [-0.4, -0.2) is 107 Å². The lowest BCUT2D eigenvalue weighted by molar-refractivity contribution is -0.153. The molecular weight excluding hydrogens is 432 g/mol. The minimum atomic E-state index is -0.837. The molecule has 0 aromatic rings. The van der Waals surface area contributed by atoms with E-state index in [1.807, 2.05) is 13.8 Å². The van der Waals surface area contributed by atoms with Crippen molar-refractivity contribution in [3.8, 4) is 0 Å². The number of ether oxygens (including phenoxy) is 1. The number of hydrogen-bond donors (Lipinski definition) is 2. The van der Waals surface area contributed by atoms with E-state index in [1.54, 1.807) is 0 Å². The van der Waals surface area contributed by atoms with Crippen LogP contribution >= 0.6 is 0 Å². The Balaban J connectivity index is 1.92. The van der Waals surface area contributed by atoms with Gasteiger partial charge >= 0.3 is 5.97 Å². The van der Waals surface area contributed by atoms with E-state index in [1.165, 1.54) is 21.7 Å². The molecule has 11 heteroatoms. The third-order valence-electron chi connectivity index (χ3n) is 6.07. The van der Waals surface area contributed by atoms with Crippen molar-refractivity contribution in [2.24, 2.45) is 0 Å². The molecule has 11 nitrogen and oxygen atoms in total. The lowest BCUT2D eigenvalue weighted by Gasteiger charge is -2.32. The molecule has 2 heterocycles. The lowest BCUT2D eigenvalue weighted by atomic mass is 10.1. The Labute approximate surface area is 194 Å². The summed E-state index contributed by atoms with van der Waals surface area (Å²) in [6.45, 7) is 4.15. The SMILES string of the molecule is CC(C)NC(=O)C(CCO)N(C)C(=O)C1CCCN1C(=O)CCOC(=O)C1CCCN1C=O. The lowest BCUT2D eigenvalue weighted by Crippen LogP contribution is -2.54. The van der Waals surface area contributed by atoms with Crippen LogP contribution in [0.25, 0.3) is 0 Å². The molecule has 0 radical (unpaired) electrons. The largest absolute Gasteiger partial charge is 0.464 e. The minimum Gasteiger partial charge on any atom is -0.464 e. The summed E-state index contributed by atoms with van der Waals surface area (Å²) >= 11 is 0. The van der Waals surface area contributed by atoms with Crippen LogP contribution in [0, 0.1) is 0 Å². The van der Waals surface area contributed by atoms with Gasteiger partial charge in [-0.25, -0.2) is 4.79 Å². The highest BCUT2D eigenvalue weighted by Crippen LogP contribution is 2.22. The molecule has 0 aliphatic carbocycles. The zero-order valence-electron chi connectivity index (χ0n) is 19.7. The first-order valence-electron chi connectivity index (χ1n) is 11.6. The maximum Gasteiger partial charge on any atom is 0.328 e. The highest BCUT2D eigenvalue weighted by Gasteiger charge is 2.39. The van der Waals surface area contributed by atoms with Gasteiger partial charge in [-0.1, -0.05) is 0 Å². The normalized spacial score (nSPS) is 21.1. The highest BCUT2D eigenvalue weighted by atomic mass is 16.5. The van der Waals surface area contributed by atoms with Crippen molar-refractivity contribution >= 4 is 30.1 Å². The molecule has 2 aliphatic rings. The van der Waals surface area contributed by atoms with Crippen LogP contribution in [0.15, 0.2) is 0 Å². The molecular formula is C22H36N4O7. The summed E-state index contributed by atoms with van der Waals surface area (Å²) in [4.78, 5) is 65.8. The van der Waals surface area contributed by atoms with E-state index in [0.29, 0.717) is 38.8 Å². The topological polar surface area (TPSA) is 137 Å². The molecule has 4 amide bonds. The Hall–Kier alpha value is -2.69. The molecule has 33 heavy (non-hydrogen) atoms. The second kappa shape index (κ2) is 12.5. The number of amides is 4. The Morgan fingerprint density at radius 1 is 1.15 bits per heavy atom. The van der Waals surface area contributed by atoms with Crippen molar-refractivity contribution < 1.29 is 33.8 Å². The number of likely N-dealkylation sites (N-methyl/N-ethyl adjacent to an activating group) is 1. The molecule has 2 fully saturated rings. The molecule has 0 saturated carbocycles. The maximum atomic E-state index is 13.1. The maximum absolute atomic E-state index is 13.1. The van der Waals surface area contributed by atoms with Gasteiger partial charge in [0.25, 0.3) is 0 Å². The van der Waals surface area contributed by atoms with Gasteiger partial charge in [0.15, 0.2) is 0 Å². The summed E-state index contributed by atoms with van der Waals surface area (Å²) in [5.41, 5.74) is 0. The second-order valence-corrected chi connectivity index (χ2v) is 8.80. The fourth-order valence-electron chi connectivity index (χ4n) is 4.36. The van der Waals surface area contributed by atoms with E-state index in [4.69, 9.17) is 4.74 Å². The Bertz CT molecular complexity index is 730. The number of aliphatic hydroxyl groups is 1. The first-order chi connectivity index (χ1) is 15.7.